The first kappa shape index (κ1) is 19.9. The normalized spacial score (nSPS) is 15.6. The van der Waals surface area contributed by atoms with Crippen LogP contribution >= 0.6 is 0 Å². The third kappa shape index (κ3) is 5.36. The molecule has 7 nitrogen and oxygen atoms in total. The second kappa shape index (κ2) is 9.94. The molecule has 3 rings (SSSR count). The van der Waals surface area contributed by atoms with Gasteiger partial charge in [0.1, 0.15) is 5.76 Å². The number of esters is 1. The first-order chi connectivity index (χ1) is 13.7. The number of amides is 2. The number of hydrogen-bond donors (Lipinski definition) is 2. The summed E-state index contributed by atoms with van der Waals surface area (Å²) < 4.78 is 10.3. The van der Waals surface area contributed by atoms with Crippen LogP contribution in [0.1, 0.15) is 47.0 Å². The van der Waals surface area contributed by atoms with Gasteiger partial charge in [0.15, 0.2) is 0 Å². The van der Waals surface area contributed by atoms with Crippen molar-refractivity contribution in [1.82, 2.24) is 15.5 Å². The van der Waals surface area contributed by atoms with Gasteiger partial charge in [-0.1, -0.05) is 18.6 Å². The van der Waals surface area contributed by atoms with Crippen molar-refractivity contribution in [2.24, 2.45) is 0 Å². The number of rotatable bonds is 7. The number of nitrogens with zero attached hydrogens (tertiary/aromatic N) is 1. The van der Waals surface area contributed by atoms with E-state index in [0.717, 1.165) is 24.4 Å². The molecule has 1 aromatic carbocycles. The number of urea groups is 1. The molecule has 2 N–H and O–H groups in total. The fourth-order valence-electron chi connectivity index (χ4n) is 3.43. The molecule has 2 heterocycles. The first-order valence-electron chi connectivity index (χ1n) is 9.64. The molecule has 2 amide bonds. The van der Waals surface area contributed by atoms with Gasteiger partial charge in [-0.25, -0.2) is 9.59 Å². The van der Waals surface area contributed by atoms with E-state index in [9.17, 15) is 9.59 Å². The lowest BCUT2D eigenvalue weighted by Gasteiger charge is -2.33. The summed E-state index contributed by atoms with van der Waals surface area (Å²) in [6.45, 7) is 2.89. The Balaban J connectivity index is 1.50. The van der Waals surface area contributed by atoms with Crippen molar-refractivity contribution < 1.29 is 18.7 Å². The standard InChI is InChI=1S/C21H27N3O4/c1-27-20(25)17-9-7-16(8-10-17)14-22-21(26)23-15-18(19-6-5-13-28-19)24-11-3-2-4-12-24/h5-10,13,18H,2-4,11-12,14-15H2,1H3,(H2,22,23,26). The highest BCUT2D eigenvalue weighted by Gasteiger charge is 2.24. The van der Waals surface area contributed by atoms with Crippen LogP contribution in [0.2, 0.25) is 0 Å². The number of nitrogens with one attached hydrogen (secondary N) is 2. The van der Waals surface area contributed by atoms with E-state index in [0.29, 0.717) is 18.7 Å². The molecule has 1 aromatic heterocycles. The SMILES string of the molecule is COC(=O)c1ccc(CNC(=O)NCC(c2ccco2)N2CCCCC2)cc1. The molecule has 0 bridgehead atoms. The second-order valence-electron chi connectivity index (χ2n) is 6.88. The third-order valence-electron chi connectivity index (χ3n) is 4.99. The maximum atomic E-state index is 12.2. The maximum Gasteiger partial charge on any atom is 0.337 e. The smallest absolute Gasteiger partial charge is 0.337 e. The van der Waals surface area contributed by atoms with Gasteiger partial charge in [-0.15, -0.1) is 0 Å². The molecule has 1 unspecified atom stereocenters. The monoisotopic (exact) mass is 385 g/mol. The number of carbonyl (C=O) groups is 2. The number of carbonyl (C=O) groups excluding carboxylic acids is 2. The summed E-state index contributed by atoms with van der Waals surface area (Å²) in [6, 6.07) is 10.6. The van der Waals surface area contributed by atoms with Crippen LogP contribution in [-0.2, 0) is 11.3 Å². The predicted molar refractivity (Wildman–Crippen MR) is 105 cm³/mol. The van der Waals surface area contributed by atoms with E-state index in [4.69, 9.17) is 4.42 Å². The van der Waals surface area contributed by atoms with Gasteiger partial charge in [-0.05, 0) is 55.8 Å². The Hall–Kier alpha value is -2.80. The minimum Gasteiger partial charge on any atom is -0.468 e. The van der Waals surface area contributed by atoms with E-state index < -0.39 is 0 Å². The van der Waals surface area contributed by atoms with Gasteiger partial charge in [-0.2, -0.15) is 0 Å². The summed E-state index contributed by atoms with van der Waals surface area (Å²) in [4.78, 5) is 26.1. The lowest BCUT2D eigenvalue weighted by molar-refractivity contribution is 0.0600. The van der Waals surface area contributed by atoms with Crippen LogP contribution in [0.4, 0.5) is 4.79 Å². The Kier molecular flexibility index (Phi) is 7.08. The second-order valence-corrected chi connectivity index (χ2v) is 6.88. The average molecular weight is 385 g/mol. The van der Waals surface area contributed by atoms with Crippen molar-refractivity contribution in [2.45, 2.75) is 31.8 Å². The molecule has 0 radical (unpaired) electrons. The molecule has 7 heteroatoms. The average Bonchev–Trinajstić information content (AvgIpc) is 3.27. The molecule has 28 heavy (non-hydrogen) atoms. The van der Waals surface area contributed by atoms with E-state index >= 15 is 0 Å². The Morgan fingerprint density at radius 3 is 2.50 bits per heavy atom. The largest absolute Gasteiger partial charge is 0.468 e. The fourth-order valence-corrected chi connectivity index (χ4v) is 3.43. The van der Waals surface area contributed by atoms with Crippen molar-refractivity contribution >= 4 is 12.0 Å². The van der Waals surface area contributed by atoms with Gasteiger partial charge < -0.3 is 19.8 Å². The lowest BCUT2D eigenvalue weighted by Crippen LogP contribution is -2.43. The molecule has 0 aliphatic carbocycles. The summed E-state index contributed by atoms with van der Waals surface area (Å²) in [5, 5.41) is 5.80. The number of ether oxygens (including phenoxy) is 1. The van der Waals surface area contributed by atoms with E-state index in [-0.39, 0.29) is 18.0 Å². The van der Waals surface area contributed by atoms with Gasteiger partial charge in [0.2, 0.25) is 0 Å². The number of benzene rings is 1. The number of methoxy groups -OCH3 is 1. The lowest BCUT2D eigenvalue weighted by atomic mass is 10.1. The molecule has 1 fully saturated rings. The molecule has 2 aromatic rings. The van der Waals surface area contributed by atoms with Crippen LogP contribution < -0.4 is 10.6 Å². The molecule has 0 spiro atoms. The van der Waals surface area contributed by atoms with Gasteiger partial charge >= 0.3 is 12.0 Å². The van der Waals surface area contributed by atoms with E-state index in [2.05, 4.69) is 20.3 Å². The minimum absolute atomic E-state index is 0.0420. The highest BCUT2D eigenvalue weighted by molar-refractivity contribution is 5.89. The van der Waals surface area contributed by atoms with E-state index in [1.165, 1.54) is 26.4 Å². The van der Waals surface area contributed by atoms with Crippen molar-refractivity contribution in [1.29, 1.82) is 0 Å². The minimum atomic E-state index is -0.376. The van der Waals surface area contributed by atoms with Crippen molar-refractivity contribution in [3.63, 3.8) is 0 Å². The summed E-state index contributed by atoms with van der Waals surface area (Å²) in [7, 11) is 1.35. The van der Waals surface area contributed by atoms with Crippen molar-refractivity contribution in [2.75, 3.05) is 26.7 Å². The fraction of sp³-hybridized carbons (Fsp3) is 0.429. The highest BCUT2D eigenvalue weighted by atomic mass is 16.5. The van der Waals surface area contributed by atoms with E-state index in [1.807, 2.05) is 12.1 Å². The van der Waals surface area contributed by atoms with Crippen LogP contribution in [0.25, 0.3) is 0 Å². The Morgan fingerprint density at radius 2 is 1.86 bits per heavy atom. The maximum absolute atomic E-state index is 12.2. The Morgan fingerprint density at radius 1 is 1.11 bits per heavy atom. The Labute approximate surface area is 165 Å². The number of likely N-dealkylation sites (tertiary alicyclic amines) is 1. The zero-order valence-electron chi connectivity index (χ0n) is 16.1. The number of piperidine rings is 1. The summed E-state index contributed by atoms with van der Waals surface area (Å²) in [5.41, 5.74) is 1.39. The van der Waals surface area contributed by atoms with E-state index in [1.54, 1.807) is 30.5 Å². The van der Waals surface area contributed by atoms with Crippen LogP contribution in [-0.4, -0.2) is 43.6 Å². The van der Waals surface area contributed by atoms with Crippen molar-refractivity contribution in [3.8, 4) is 0 Å². The van der Waals surface area contributed by atoms with Crippen LogP contribution in [0.15, 0.2) is 47.1 Å². The topological polar surface area (TPSA) is 83.8 Å². The zero-order valence-corrected chi connectivity index (χ0v) is 16.1. The molecular formula is C21H27N3O4. The van der Waals surface area contributed by atoms with Crippen LogP contribution in [0, 0.1) is 0 Å². The first-order valence-corrected chi connectivity index (χ1v) is 9.64. The van der Waals surface area contributed by atoms with Crippen LogP contribution in [0.3, 0.4) is 0 Å². The van der Waals surface area contributed by atoms with Crippen LogP contribution in [0.5, 0.6) is 0 Å². The Bertz CT molecular complexity index is 752. The quantitative estimate of drug-likeness (QED) is 0.716. The molecule has 0 saturated carbocycles. The highest BCUT2D eigenvalue weighted by Crippen LogP contribution is 2.24. The molecule has 1 saturated heterocycles. The molecule has 1 aliphatic rings. The van der Waals surface area contributed by atoms with Gasteiger partial charge in [-0.3, -0.25) is 4.90 Å². The van der Waals surface area contributed by atoms with Gasteiger partial charge in [0, 0.05) is 13.1 Å². The number of hydrogen-bond acceptors (Lipinski definition) is 5. The predicted octanol–water partition coefficient (Wildman–Crippen LogP) is 3.09. The number of furan rings is 1. The summed E-state index contributed by atoms with van der Waals surface area (Å²) in [6.07, 6.45) is 5.27. The van der Waals surface area contributed by atoms with Gasteiger partial charge in [0.25, 0.3) is 0 Å². The third-order valence-corrected chi connectivity index (χ3v) is 4.99. The zero-order chi connectivity index (χ0) is 19.8. The molecular weight excluding hydrogens is 358 g/mol. The van der Waals surface area contributed by atoms with Crippen molar-refractivity contribution in [3.05, 3.63) is 59.5 Å². The molecule has 1 atom stereocenters. The summed E-state index contributed by atoms with van der Waals surface area (Å²) >= 11 is 0. The molecule has 150 valence electrons. The summed E-state index contributed by atoms with van der Waals surface area (Å²) in [5.74, 6) is 0.500. The van der Waals surface area contributed by atoms with Gasteiger partial charge in [0.05, 0.1) is 25.0 Å². The molecule has 1 aliphatic heterocycles.